The maximum atomic E-state index is 11.1. The van der Waals surface area contributed by atoms with Crippen molar-refractivity contribution < 1.29 is 19.4 Å². The molecule has 0 rings (SSSR count). The van der Waals surface area contributed by atoms with Gasteiger partial charge in [0.2, 0.25) is 0 Å². The van der Waals surface area contributed by atoms with Crippen LogP contribution in [0.1, 0.15) is 13.3 Å². The van der Waals surface area contributed by atoms with Crippen LogP contribution in [0.5, 0.6) is 0 Å². The van der Waals surface area contributed by atoms with E-state index in [2.05, 4.69) is 10.1 Å². The van der Waals surface area contributed by atoms with E-state index >= 15 is 0 Å². The second-order valence-corrected chi connectivity index (χ2v) is 3.45. The van der Waals surface area contributed by atoms with Crippen LogP contribution >= 0.6 is 0 Å². The first-order valence-corrected chi connectivity index (χ1v) is 5.24. The summed E-state index contributed by atoms with van der Waals surface area (Å²) in [5.41, 5.74) is 0.565. The summed E-state index contributed by atoms with van der Waals surface area (Å²) in [7, 11) is 2.97. The maximum absolute atomic E-state index is 11.1. The third-order valence-electron chi connectivity index (χ3n) is 2.17. The third kappa shape index (κ3) is 6.55. The summed E-state index contributed by atoms with van der Waals surface area (Å²) < 4.78 is 9.56. The minimum absolute atomic E-state index is 0.0942. The number of aliphatic hydroxyl groups excluding tert-OH is 1. The standard InChI is InChI=1S/C11H21NO4/c1-9(11(14)16-3)4-6-12-10(5-7-13)8-15-2/h4,10,12-13H,5-8H2,1-3H3/b9-4-. The number of carbonyl (C=O) groups is 1. The molecule has 0 aliphatic rings. The van der Waals surface area contributed by atoms with Gasteiger partial charge < -0.3 is 19.9 Å². The highest BCUT2D eigenvalue weighted by molar-refractivity contribution is 5.87. The Morgan fingerprint density at radius 1 is 1.50 bits per heavy atom. The fraction of sp³-hybridized carbons (Fsp3) is 0.727. The summed E-state index contributed by atoms with van der Waals surface area (Å²) in [5.74, 6) is -0.327. The molecule has 0 radical (unpaired) electrons. The zero-order chi connectivity index (χ0) is 12.4. The molecule has 2 N–H and O–H groups in total. The highest BCUT2D eigenvalue weighted by atomic mass is 16.5. The molecule has 94 valence electrons. The van der Waals surface area contributed by atoms with E-state index in [1.54, 1.807) is 20.1 Å². The first-order valence-electron chi connectivity index (χ1n) is 5.24. The van der Waals surface area contributed by atoms with Gasteiger partial charge in [-0.1, -0.05) is 6.08 Å². The van der Waals surface area contributed by atoms with Crippen molar-refractivity contribution in [1.29, 1.82) is 0 Å². The first-order chi connectivity index (χ1) is 7.65. The molecule has 0 fully saturated rings. The Balaban J connectivity index is 3.96. The zero-order valence-electron chi connectivity index (χ0n) is 10.2. The minimum atomic E-state index is -0.327. The van der Waals surface area contributed by atoms with Gasteiger partial charge in [0.25, 0.3) is 0 Å². The van der Waals surface area contributed by atoms with Crippen LogP contribution in [-0.4, -0.2) is 51.1 Å². The lowest BCUT2D eigenvalue weighted by Gasteiger charge is -2.15. The van der Waals surface area contributed by atoms with Crippen LogP contribution < -0.4 is 5.32 Å². The molecule has 5 nitrogen and oxygen atoms in total. The Bertz CT molecular complexity index is 222. The quantitative estimate of drug-likeness (QED) is 0.458. The largest absolute Gasteiger partial charge is 0.466 e. The number of ether oxygens (including phenoxy) is 2. The molecule has 0 saturated carbocycles. The van der Waals surface area contributed by atoms with E-state index in [0.717, 1.165) is 0 Å². The number of esters is 1. The fourth-order valence-corrected chi connectivity index (χ4v) is 1.22. The molecule has 0 spiro atoms. The lowest BCUT2D eigenvalue weighted by molar-refractivity contribution is -0.136. The van der Waals surface area contributed by atoms with E-state index in [-0.39, 0.29) is 18.6 Å². The molecule has 5 heteroatoms. The maximum Gasteiger partial charge on any atom is 0.333 e. The SMILES string of the molecule is COCC(CCO)NC/C=C(/C)C(=O)OC. The molecule has 0 aromatic heterocycles. The van der Waals surface area contributed by atoms with Gasteiger partial charge in [-0.3, -0.25) is 0 Å². The third-order valence-corrected chi connectivity index (χ3v) is 2.17. The second kappa shape index (κ2) is 9.33. The molecule has 16 heavy (non-hydrogen) atoms. The molecule has 0 heterocycles. The second-order valence-electron chi connectivity index (χ2n) is 3.45. The summed E-state index contributed by atoms with van der Waals surface area (Å²) in [4.78, 5) is 11.1. The van der Waals surface area contributed by atoms with Crippen molar-refractivity contribution in [3.05, 3.63) is 11.6 Å². The highest BCUT2D eigenvalue weighted by Gasteiger charge is 2.06. The van der Waals surface area contributed by atoms with Crippen molar-refractivity contribution in [1.82, 2.24) is 5.32 Å². The average molecular weight is 231 g/mol. The van der Waals surface area contributed by atoms with Gasteiger partial charge in [0.05, 0.1) is 13.7 Å². The molecular formula is C11H21NO4. The van der Waals surface area contributed by atoms with Crippen molar-refractivity contribution in [2.75, 3.05) is 34.0 Å². The van der Waals surface area contributed by atoms with Gasteiger partial charge in [0.1, 0.15) is 0 Å². The van der Waals surface area contributed by atoms with Crippen molar-refractivity contribution >= 4 is 5.97 Å². The lowest BCUT2D eigenvalue weighted by atomic mass is 10.2. The van der Waals surface area contributed by atoms with Crippen molar-refractivity contribution in [3.8, 4) is 0 Å². The Kier molecular flexibility index (Phi) is 8.80. The number of carbonyl (C=O) groups excluding carboxylic acids is 1. The van der Waals surface area contributed by atoms with Crippen LogP contribution in [0, 0.1) is 0 Å². The summed E-state index contributed by atoms with van der Waals surface area (Å²) >= 11 is 0. The van der Waals surface area contributed by atoms with Gasteiger partial charge in [-0.25, -0.2) is 4.79 Å². The van der Waals surface area contributed by atoms with Gasteiger partial charge in [-0.15, -0.1) is 0 Å². The predicted molar refractivity (Wildman–Crippen MR) is 61.1 cm³/mol. The van der Waals surface area contributed by atoms with Gasteiger partial charge >= 0.3 is 5.97 Å². The molecule has 0 saturated heterocycles. The molecule has 0 aliphatic heterocycles. The Morgan fingerprint density at radius 3 is 2.69 bits per heavy atom. The number of rotatable bonds is 8. The van der Waals surface area contributed by atoms with Crippen molar-refractivity contribution in [2.24, 2.45) is 0 Å². The van der Waals surface area contributed by atoms with Crippen LogP contribution in [0.25, 0.3) is 0 Å². The number of aliphatic hydroxyl groups is 1. The number of hydrogen-bond acceptors (Lipinski definition) is 5. The average Bonchev–Trinajstić information content (AvgIpc) is 2.28. The van der Waals surface area contributed by atoms with Crippen LogP contribution in [0.15, 0.2) is 11.6 Å². The smallest absolute Gasteiger partial charge is 0.333 e. The van der Waals surface area contributed by atoms with E-state index < -0.39 is 0 Å². The number of methoxy groups -OCH3 is 2. The first kappa shape index (κ1) is 15.1. The number of hydrogen-bond donors (Lipinski definition) is 2. The zero-order valence-corrected chi connectivity index (χ0v) is 10.2. The molecule has 0 aromatic carbocycles. The molecule has 1 atom stereocenters. The van der Waals surface area contributed by atoms with E-state index in [1.807, 2.05) is 0 Å². The molecule has 0 bridgehead atoms. The Morgan fingerprint density at radius 2 is 2.19 bits per heavy atom. The van der Waals surface area contributed by atoms with Crippen molar-refractivity contribution in [2.45, 2.75) is 19.4 Å². The summed E-state index contributed by atoms with van der Waals surface area (Å²) in [5, 5.41) is 12.0. The normalized spacial score (nSPS) is 13.6. The van der Waals surface area contributed by atoms with Crippen LogP contribution in [0.2, 0.25) is 0 Å². The van der Waals surface area contributed by atoms with Gasteiger partial charge in [-0.05, 0) is 13.3 Å². The highest BCUT2D eigenvalue weighted by Crippen LogP contribution is 1.96. The Hall–Kier alpha value is -0.910. The Labute approximate surface area is 96.4 Å². The van der Waals surface area contributed by atoms with Gasteiger partial charge in [0, 0.05) is 31.9 Å². The van der Waals surface area contributed by atoms with E-state index in [4.69, 9.17) is 9.84 Å². The van der Waals surface area contributed by atoms with Crippen LogP contribution in [-0.2, 0) is 14.3 Å². The molecule has 0 amide bonds. The molecule has 1 unspecified atom stereocenters. The topological polar surface area (TPSA) is 67.8 Å². The molecular weight excluding hydrogens is 210 g/mol. The van der Waals surface area contributed by atoms with E-state index in [1.165, 1.54) is 7.11 Å². The minimum Gasteiger partial charge on any atom is -0.466 e. The van der Waals surface area contributed by atoms with Crippen molar-refractivity contribution in [3.63, 3.8) is 0 Å². The predicted octanol–water partition coefficient (Wildman–Crippen LogP) is 0.0927. The van der Waals surface area contributed by atoms with Crippen LogP contribution in [0.4, 0.5) is 0 Å². The molecule has 0 aromatic rings. The van der Waals surface area contributed by atoms with E-state index in [9.17, 15) is 4.79 Å². The molecule has 0 aliphatic carbocycles. The number of nitrogens with one attached hydrogen (secondary N) is 1. The lowest BCUT2D eigenvalue weighted by Crippen LogP contribution is -2.34. The van der Waals surface area contributed by atoms with Crippen LogP contribution in [0.3, 0.4) is 0 Å². The van der Waals surface area contributed by atoms with E-state index in [0.29, 0.717) is 25.1 Å². The monoisotopic (exact) mass is 231 g/mol. The fourth-order valence-electron chi connectivity index (χ4n) is 1.22. The van der Waals surface area contributed by atoms with Gasteiger partial charge in [-0.2, -0.15) is 0 Å². The summed E-state index contributed by atoms with van der Waals surface area (Å²) in [6.45, 7) is 2.90. The summed E-state index contributed by atoms with van der Waals surface area (Å²) in [6, 6.07) is 0.0942. The summed E-state index contributed by atoms with van der Waals surface area (Å²) in [6.07, 6.45) is 2.38. The van der Waals surface area contributed by atoms with Gasteiger partial charge in [0.15, 0.2) is 0 Å².